The van der Waals surface area contributed by atoms with Crippen LogP contribution in [0.15, 0.2) is 0 Å². The molecule has 88 valence electrons. The zero-order valence-electron chi connectivity index (χ0n) is 10.3. The molecule has 0 aromatic rings. The summed E-state index contributed by atoms with van der Waals surface area (Å²) in [5.41, 5.74) is -0.0501. The Morgan fingerprint density at radius 2 is 1.73 bits per heavy atom. The fourth-order valence-electron chi connectivity index (χ4n) is 2.11. The molecule has 1 rings (SSSR count). The lowest BCUT2D eigenvalue weighted by Gasteiger charge is -2.33. The van der Waals surface area contributed by atoms with Crippen molar-refractivity contribution in [3.63, 3.8) is 0 Å². The molecule has 1 fully saturated rings. The van der Waals surface area contributed by atoms with Crippen molar-refractivity contribution in [2.45, 2.75) is 71.1 Å². The number of ether oxygens (including phenoxy) is 1. The highest BCUT2D eigenvalue weighted by molar-refractivity contribution is 5.73. The van der Waals surface area contributed by atoms with Crippen LogP contribution < -0.4 is 5.32 Å². The molecule has 1 aliphatic rings. The van der Waals surface area contributed by atoms with E-state index in [-0.39, 0.29) is 11.5 Å². The number of hydrogen-bond donors (Lipinski definition) is 1. The predicted octanol–water partition coefficient (Wildman–Crippen LogP) is 2.25. The third-order valence-electron chi connectivity index (χ3n) is 2.60. The second kappa shape index (κ2) is 4.97. The Morgan fingerprint density at radius 3 is 2.13 bits per heavy atom. The normalized spacial score (nSPS) is 27.5. The maximum Gasteiger partial charge on any atom is 0.217 e. The van der Waals surface area contributed by atoms with Gasteiger partial charge in [-0.3, -0.25) is 4.79 Å². The van der Waals surface area contributed by atoms with Crippen molar-refractivity contribution in [3.8, 4) is 0 Å². The molecule has 0 spiro atoms. The van der Waals surface area contributed by atoms with Gasteiger partial charge < -0.3 is 10.1 Å². The number of amides is 1. The van der Waals surface area contributed by atoms with Gasteiger partial charge in [-0.05, 0) is 46.5 Å². The van der Waals surface area contributed by atoms with Crippen molar-refractivity contribution in [1.29, 1.82) is 0 Å². The fourth-order valence-corrected chi connectivity index (χ4v) is 2.11. The Kier molecular flexibility index (Phi) is 4.14. The van der Waals surface area contributed by atoms with Gasteiger partial charge in [-0.1, -0.05) is 0 Å². The van der Waals surface area contributed by atoms with E-state index < -0.39 is 0 Å². The van der Waals surface area contributed by atoms with E-state index in [0.29, 0.717) is 12.1 Å². The standard InChI is InChI=1S/C12H23NO2/c1-9(14)13-10-5-7-11(8-6-10)15-12(2,3)4/h10-11H,5-8H2,1-4H3,(H,13,14). The summed E-state index contributed by atoms with van der Waals surface area (Å²) in [7, 11) is 0. The molecule has 1 saturated carbocycles. The Morgan fingerprint density at radius 1 is 1.20 bits per heavy atom. The molecule has 3 nitrogen and oxygen atoms in total. The molecule has 0 atom stereocenters. The zero-order chi connectivity index (χ0) is 11.5. The van der Waals surface area contributed by atoms with Crippen LogP contribution in [-0.4, -0.2) is 23.7 Å². The number of rotatable bonds is 2. The number of carbonyl (C=O) groups is 1. The summed E-state index contributed by atoms with van der Waals surface area (Å²) in [4.78, 5) is 10.9. The largest absolute Gasteiger partial charge is 0.373 e. The van der Waals surface area contributed by atoms with Gasteiger partial charge in [0.1, 0.15) is 0 Å². The van der Waals surface area contributed by atoms with Gasteiger partial charge >= 0.3 is 0 Å². The molecule has 1 aliphatic carbocycles. The minimum absolute atomic E-state index is 0.0501. The van der Waals surface area contributed by atoms with E-state index in [1.54, 1.807) is 6.92 Å². The highest BCUT2D eigenvalue weighted by Gasteiger charge is 2.25. The van der Waals surface area contributed by atoms with E-state index in [2.05, 4.69) is 26.1 Å². The summed E-state index contributed by atoms with van der Waals surface area (Å²) in [6.07, 6.45) is 4.57. The second-order valence-electron chi connectivity index (χ2n) is 5.40. The summed E-state index contributed by atoms with van der Waals surface area (Å²) >= 11 is 0. The number of hydrogen-bond acceptors (Lipinski definition) is 2. The number of carbonyl (C=O) groups excluding carboxylic acids is 1. The van der Waals surface area contributed by atoms with E-state index in [4.69, 9.17) is 4.74 Å². The van der Waals surface area contributed by atoms with E-state index in [1.807, 2.05) is 0 Å². The Hall–Kier alpha value is -0.570. The van der Waals surface area contributed by atoms with Crippen LogP contribution in [0.4, 0.5) is 0 Å². The first kappa shape index (κ1) is 12.5. The molecule has 3 heteroatoms. The van der Waals surface area contributed by atoms with Gasteiger partial charge in [0.25, 0.3) is 0 Å². The predicted molar refractivity (Wildman–Crippen MR) is 60.7 cm³/mol. The monoisotopic (exact) mass is 213 g/mol. The average Bonchev–Trinajstić information content (AvgIpc) is 2.05. The molecule has 0 unspecified atom stereocenters. The topological polar surface area (TPSA) is 38.3 Å². The fraction of sp³-hybridized carbons (Fsp3) is 0.917. The summed E-state index contributed by atoms with van der Waals surface area (Å²) in [5, 5.41) is 2.97. The molecule has 0 aromatic heterocycles. The molecule has 0 aliphatic heterocycles. The second-order valence-corrected chi connectivity index (χ2v) is 5.40. The molecular weight excluding hydrogens is 190 g/mol. The third-order valence-corrected chi connectivity index (χ3v) is 2.60. The SMILES string of the molecule is CC(=O)NC1CCC(OC(C)(C)C)CC1. The lowest BCUT2D eigenvalue weighted by atomic mass is 9.92. The van der Waals surface area contributed by atoms with Gasteiger partial charge in [0.2, 0.25) is 5.91 Å². The molecular formula is C12H23NO2. The van der Waals surface area contributed by atoms with Crippen LogP contribution in [0.25, 0.3) is 0 Å². The maximum atomic E-state index is 10.9. The van der Waals surface area contributed by atoms with Crippen LogP contribution in [0, 0.1) is 0 Å². The van der Waals surface area contributed by atoms with Crippen LogP contribution in [0.2, 0.25) is 0 Å². The van der Waals surface area contributed by atoms with Gasteiger partial charge in [0, 0.05) is 13.0 Å². The Labute approximate surface area is 92.6 Å². The highest BCUT2D eigenvalue weighted by Crippen LogP contribution is 2.25. The van der Waals surface area contributed by atoms with Crippen LogP contribution >= 0.6 is 0 Å². The van der Waals surface area contributed by atoms with Gasteiger partial charge in [-0.2, -0.15) is 0 Å². The first-order chi connectivity index (χ1) is 6.87. The quantitative estimate of drug-likeness (QED) is 0.764. The minimum atomic E-state index is -0.0501. The molecule has 0 heterocycles. The van der Waals surface area contributed by atoms with E-state index >= 15 is 0 Å². The molecule has 1 N–H and O–H groups in total. The lowest BCUT2D eigenvalue weighted by molar-refractivity contribution is -0.120. The van der Waals surface area contributed by atoms with Gasteiger partial charge in [0.15, 0.2) is 0 Å². The summed E-state index contributed by atoms with van der Waals surface area (Å²) < 4.78 is 5.92. The molecule has 1 amide bonds. The summed E-state index contributed by atoms with van der Waals surface area (Å²) in [6, 6.07) is 0.363. The average molecular weight is 213 g/mol. The van der Waals surface area contributed by atoms with E-state index in [1.165, 1.54) is 0 Å². The van der Waals surface area contributed by atoms with Crippen LogP contribution in [-0.2, 0) is 9.53 Å². The van der Waals surface area contributed by atoms with Gasteiger partial charge in [-0.25, -0.2) is 0 Å². The molecule has 0 aromatic carbocycles. The molecule has 15 heavy (non-hydrogen) atoms. The maximum absolute atomic E-state index is 10.9. The van der Waals surface area contributed by atoms with Gasteiger partial charge in [0.05, 0.1) is 11.7 Å². The lowest BCUT2D eigenvalue weighted by Crippen LogP contribution is -2.39. The van der Waals surface area contributed by atoms with Gasteiger partial charge in [-0.15, -0.1) is 0 Å². The minimum Gasteiger partial charge on any atom is -0.373 e. The smallest absolute Gasteiger partial charge is 0.217 e. The highest BCUT2D eigenvalue weighted by atomic mass is 16.5. The van der Waals surface area contributed by atoms with Crippen molar-refractivity contribution < 1.29 is 9.53 Å². The van der Waals surface area contributed by atoms with Crippen LogP contribution in [0.5, 0.6) is 0 Å². The number of nitrogens with one attached hydrogen (secondary N) is 1. The molecule has 0 radical (unpaired) electrons. The Bertz CT molecular complexity index is 212. The van der Waals surface area contributed by atoms with Crippen LogP contribution in [0.1, 0.15) is 53.4 Å². The third kappa shape index (κ3) is 5.17. The first-order valence-electron chi connectivity index (χ1n) is 5.82. The first-order valence-corrected chi connectivity index (χ1v) is 5.82. The van der Waals surface area contributed by atoms with Crippen molar-refractivity contribution in [1.82, 2.24) is 5.32 Å². The molecule has 0 saturated heterocycles. The van der Waals surface area contributed by atoms with Crippen molar-refractivity contribution in [2.24, 2.45) is 0 Å². The van der Waals surface area contributed by atoms with Crippen molar-refractivity contribution in [3.05, 3.63) is 0 Å². The van der Waals surface area contributed by atoms with Crippen molar-refractivity contribution >= 4 is 5.91 Å². The van der Waals surface area contributed by atoms with Crippen LogP contribution in [0.3, 0.4) is 0 Å². The van der Waals surface area contributed by atoms with Crippen molar-refractivity contribution in [2.75, 3.05) is 0 Å². The summed E-state index contributed by atoms with van der Waals surface area (Å²) in [6.45, 7) is 7.85. The Balaban J connectivity index is 2.27. The zero-order valence-corrected chi connectivity index (χ0v) is 10.3. The van der Waals surface area contributed by atoms with E-state index in [0.717, 1.165) is 25.7 Å². The summed E-state index contributed by atoms with van der Waals surface area (Å²) in [5.74, 6) is 0.0789. The molecule has 0 bridgehead atoms. The van der Waals surface area contributed by atoms with E-state index in [9.17, 15) is 4.79 Å².